The number of carbonyl (C=O) groups excluding carboxylic acids is 1. The molecule has 6 nitrogen and oxygen atoms in total. The van der Waals surface area contributed by atoms with Crippen molar-refractivity contribution >= 4 is 17.2 Å². The molecule has 1 saturated heterocycles. The third-order valence-corrected chi connectivity index (χ3v) is 4.57. The van der Waals surface area contributed by atoms with Gasteiger partial charge in [0.1, 0.15) is 18.0 Å². The van der Waals surface area contributed by atoms with Crippen molar-refractivity contribution in [3.8, 4) is 5.75 Å². The van der Waals surface area contributed by atoms with Gasteiger partial charge >= 0.3 is 0 Å². The number of imidazole rings is 1. The van der Waals surface area contributed by atoms with Crippen LogP contribution in [0.15, 0.2) is 54.9 Å². The summed E-state index contributed by atoms with van der Waals surface area (Å²) in [6, 6.07) is 13.4. The maximum Gasteiger partial charge on any atom is 0.228 e. The molecule has 1 atom stereocenters. The van der Waals surface area contributed by atoms with Gasteiger partial charge in [-0.2, -0.15) is 0 Å². The van der Waals surface area contributed by atoms with Gasteiger partial charge in [0.15, 0.2) is 0 Å². The molecule has 1 fully saturated rings. The van der Waals surface area contributed by atoms with Gasteiger partial charge in [0.05, 0.1) is 11.6 Å². The van der Waals surface area contributed by atoms with E-state index in [-0.39, 0.29) is 11.8 Å². The van der Waals surface area contributed by atoms with E-state index < -0.39 is 0 Å². The molecule has 0 spiro atoms. The van der Waals surface area contributed by atoms with E-state index in [1.165, 1.54) is 0 Å². The van der Waals surface area contributed by atoms with E-state index in [4.69, 9.17) is 4.74 Å². The maximum atomic E-state index is 12.4. The number of anilines is 1. The van der Waals surface area contributed by atoms with Crippen LogP contribution in [0, 0.1) is 5.92 Å². The van der Waals surface area contributed by atoms with Crippen LogP contribution >= 0.6 is 0 Å². The average Bonchev–Trinajstić information content (AvgIpc) is 3.10. The number of piperidine rings is 1. The number of amides is 1. The molecular formula is C20H22N4O2. The molecule has 1 aliphatic heterocycles. The first-order valence-corrected chi connectivity index (χ1v) is 8.95. The first-order valence-electron chi connectivity index (χ1n) is 8.95. The van der Waals surface area contributed by atoms with Crippen LogP contribution < -0.4 is 15.4 Å². The molecule has 0 bridgehead atoms. The van der Waals surface area contributed by atoms with Crippen LogP contribution in [0.5, 0.6) is 5.75 Å². The van der Waals surface area contributed by atoms with Crippen molar-refractivity contribution in [1.82, 2.24) is 14.7 Å². The molecule has 0 saturated carbocycles. The number of nitrogens with zero attached hydrogens (tertiary/aromatic N) is 2. The number of hydrogen-bond donors (Lipinski definition) is 2. The lowest BCUT2D eigenvalue weighted by Crippen LogP contribution is -2.37. The molecule has 2 N–H and O–H groups in total. The minimum absolute atomic E-state index is 0.0336. The van der Waals surface area contributed by atoms with E-state index in [9.17, 15) is 4.79 Å². The smallest absolute Gasteiger partial charge is 0.228 e. The van der Waals surface area contributed by atoms with E-state index in [1.807, 2.05) is 59.3 Å². The van der Waals surface area contributed by atoms with E-state index in [0.29, 0.717) is 12.4 Å². The predicted molar refractivity (Wildman–Crippen MR) is 100 cm³/mol. The summed E-state index contributed by atoms with van der Waals surface area (Å²) in [4.78, 5) is 16.9. The Morgan fingerprint density at radius 3 is 3.12 bits per heavy atom. The molecule has 0 aliphatic carbocycles. The first kappa shape index (κ1) is 16.6. The summed E-state index contributed by atoms with van der Waals surface area (Å²) in [5.74, 6) is 0.808. The van der Waals surface area contributed by atoms with Crippen molar-refractivity contribution in [2.24, 2.45) is 5.92 Å². The zero-order valence-electron chi connectivity index (χ0n) is 14.5. The lowest BCUT2D eigenvalue weighted by Gasteiger charge is -2.22. The van der Waals surface area contributed by atoms with Gasteiger partial charge in [-0.15, -0.1) is 0 Å². The number of pyridine rings is 1. The number of aromatic nitrogens is 2. The highest BCUT2D eigenvalue weighted by atomic mass is 16.5. The van der Waals surface area contributed by atoms with Crippen molar-refractivity contribution in [3.63, 3.8) is 0 Å². The Bertz CT molecular complexity index is 866. The van der Waals surface area contributed by atoms with Crippen molar-refractivity contribution in [3.05, 3.63) is 60.6 Å². The molecule has 134 valence electrons. The molecular weight excluding hydrogens is 328 g/mol. The first-order chi connectivity index (χ1) is 12.8. The fourth-order valence-corrected chi connectivity index (χ4v) is 3.20. The number of hydrogen-bond acceptors (Lipinski definition) is 4. The summed E-state index contributed by atoms with van der Waals surface area (Å²) >= 11 is 0. The van der Waals surface area contributed by atoms with E-state index in [1.54, 1.807) is 0 Å². The molecule has 6 heteroatoms. The highest BCUT2D eigenvalue weighted by Crippen LogP contribution is 2.20. The summed E-state index contributed by atoms with van der Waals surface area (Å²) in [6.07, 6.45) is 5.89. The zero-order valence-corrected chi connectivity index (χ0v) is 14.5. The molecule has 26 heavy (non-hydrogen) atoms. The topological polar surface area (TPSA) is 67.7 Å². The number of fused-ring (bicyclic) bond motifs is 1. The second-order valence-electron chi connectivity index (χ2n) is 6.55. The van der Waals surface area contributed by atoms with Crippen molar-refractivity contribution in [1.29, 1.82) is 0 Å². The second kappa shape index (κ2) is 7.58. The lowest BCUT2D eigenvalue weighted by molar-refractivity contribution is -0.120. The van der Waals surface area contributed by atoms with Gasteiger partial charge in [-0.1, -0.05) is 12.1 Å². The molecule has 1 aromatic carbocycles. The third-order valence-electron chi connectivity index (χ3n) is 4.57. The Hall–Kier alpha value is -2.86. The van der Waals surface area contributed by atoms with Crippen LogP contribution in [-0.2, 0) is 11.4 Å². The number of ether oxygens (including phenoxy) is 1. The SMILES string of the molecule is O=C(Nc1cccc(OCc2cn3ccccc3n2)c1)C1CCCNC1. The highest BCUT2D eigenvalue weighted by Gasteiger charge is 2.20. The van der Waals surface area contributed by atoms with Crippen LogP contribution in [0.2, 0.25) is 0 Å². The Balaban J connectivity index is 1.38. The predicted octanol–water partition coefficient (Wildman–Crippen LogP) is 2.85. The quantitative estimate of drug-likeness (QED) is 0.742. The Labute approximate surface area is 152 Å². The molecule has 4 rings (SSSR count). The molecule has 1 unspecified atom stereocenters. The largest absolute Gasteiger partial charge is 0.487 e. The minimum Gasteiger partial charge on any atom is -0.487 e. The van der Waals surface area contributed by atoms with Gasteiger partial charge in [-0.05, 0) is 43.7 Å². The summed E-state index contributed by atoms with van der Waals surface area (Å²) < 4.78 is 7.82. The van der Waals surface area contributed by atoms with Crippen LogP contribution in [0.4, 0.5) is 5.69 Å². The van der Waals surface area contributed by atoms with Gasteiger partial charge in [0.25, 0.3) is 0 Å². The molecule has 3 aromatic rings. The fraction of sp³-hybridized carbons (Fsp3) is 0.300. The maximum absolute atomic E-state index is 12.4. The summed E-state index contributed by atoms with van der Waals surface area (Å²) in [7, 11) is 0. The molecule has 3 heterocycles. The number of carbonyl (C=O) groups is 1. The van der Waals surface area contributed by atoms with Crippen molar-refractivity contribution in [2.45, 2.75) is 19.4 Å². The Morgan fingerprint density at radius 2 is 2.27 bits per heavy atom. The van der Waals surface area contributed by atoms with Crippen molar-refractivity contribution < 1.29 is 9.53 Å². The zero-order chi connectivity index (χ0) is 17.8. The normalized spacial score (nSPS) is 17.2. The van der Waals surface area contributed by atoms with Crippen molar-refractivity contribution in [2.75, 3.05) is 18.4 Å². The van der Waals surface area contributed by atoms with Gasteiger partial charge in [0, 0.05) is 30.7 Å². The van der Waals surface area contributed by atoms with Crippen LogP contribution in [0.1, 0.15) is 18.5 Å². The average molecular weight is 350 g/mol. The molecule has 0 radical (unpaired) electrons. The Kier molecular flexibility index (Phi) is 4.84. The van der Waals surface area contributed by atoms with Crippen LogP contribution in [0.25, 0.3) is 5.65 Å². The van der Waals surface area contributed by atoms with E-state index in [2.05, 4.69) is 15.6 Å². The number of rotatable bonds is 5. The fourth-order valence-electron chi connectivity index (χ4n) is 3.20. The number of nitrogens with one attached hydrogen (secondary N) is 2. The summed E-state index contributed by atoms with van der Waals surface area (Å²) in [5.41, 5.74) is 2.51. The molecule has 2 aromatic heterocycles. The van der Waals surface area contributed by atoms with Crippen LogP contribution in [0.3, 0.4) is 0 Å². The number of benzene rings is 1. The van der Waals surface area contributed by atoms with Gasteiger partial charge in [0.2, 0.25) is 5.91 Å². The van der Waals surface area contributed by atoms with E-state index in [0.717, 1.165) is 43.0 Å². The lowest BCUT2D eigenvalue weighted by atomic mass is 9.99. The standard InChI is InChI=1S/C20H22N4O2/c25-20(15-5-4-9-21-12-15)23-16-6-3-7-18(11-16)26-14-17-13-24-10-2-1-8-19(24)22-17/h1-3,6-8,10-11,13,15,21H,4-5,9,12,14H2,(H,23,25). The minimum atomic E-state index is 0.0336. The van der Waals surface area contributed by atoms with Crippen LogP contribution in [-0.4, -0.2) is 28.4 Å². The monoisotopic (exact) mass is 350 g/mol. The highest BCUT2D eigenvalue weighted by molar-refractivity contribution is 5.92. The third kappa shape index (κ3) is 3.86. The van der Waals surface area contributed by atoms with Gasteiger partial charge in [-0.3, -0.25) is 4.79 Å². The summed E-state index contributed by atoms with van der Waals surface area (Å²) in [6.45, 7) is 2.12. The molecule has 1 aliphatic rings. The second-order valence-corrected chi connectivity index (χ2v) is 6.55. The Morgan fingerprint density at radius 1 is 1.31 bits per heavy atom. The summed E-state index contributed by atoms with van der Waals surface area (Å²) in [5, 5.41) is 6.26. The van der Waals surface area contributed by atoms with E-state index >= 15 is 0 Å². The molecule has 1 amide bonds. The van der Waals surface area contributed by atoms with Gasteiger partial charge < -0.3 is 19.8 Å². The van der Waals surface area contributed by atoms with Gasteiger partial charge in [-0.25, -0.2) is 4.98 Å².